The summed E-state index contributed by atoms with van der Waals surface area (Å²) in [6.07, 6.45) is 1.45. The highest BCUT2D eigenvalue weighted by Gasteiger charge is 2.19. The maximum atomic E-state index is 12.5. The van der Waals surface area contributed by atoms with Crippen molar-refractivity contribution in [2.24, 2.45) is 0 Å². The van der Waals surface area contributed by atoms with Crippen molar-refractivity contribution in [1.29, 1.82) is 0 Å². The van der Waals surface area contributed by atoms with Gasteiger partial charge in [0.25, 0.3) is 5.91 Å². The van der Waals surface area contributed by atoms with Crippen LogP contribution in [0.3, 0.4) is 0 Å². The number of rotatable bonds is 7. The quantitative estimate of drug-likeness (QED) is 0.789. The number of amides is 1. The molecule has 1 heterocycles. The average molecular weight is 348 g/mol. The smallest absolute Gasteiger partial charge is 0.251 e. The minimum absolute atomic E-state index is 0.0221. The number of likely N-dealkylation sites (N-methyl/N-ethyl adjacent to an activating group) is 1. The van der Waals surface area contributed by atoms with Crippen LogP contribution in [0.2, 0.25) is 0 Å². The van der Waals surface area contributed by atoms with Crippen molar-refractivity contribution in [2.75, 3.05) is 39.8 Å². The Bertz CT molecular complexity index is 560. The Morgan fingerprint density at radius 1 is 1.28 bits per heavy atom. The van der Waals surface area contributed by atoms with Gasteiger partial charge < -0.3 is 15.3 Å². The van der Waals surface area contributed by atoms with Crippen molar-refractivity contribution in [2.45, 2.75) is 45.3 Å². The van der Waals surface area contributed by atoms with E-state index >= 15 is 0 Å². The van der Waals surface area contributed by atoms with Crippen LogP contribution < -0.4 is 5.32 Å². The van der Waals surface area contributed by atoms with Crippen LogP contribution in [-0.2, 0) is 6.42 Å². The second-order valence-corrected chi connectivity index (χ2v) is 7.91. The lowest BCUT2D eigenvalue weighted by molar-refractivity contribution is 0.0714. The molecule has 0 aromatic heterocycles. The lowest BCUT2D eigenvalue weighted by Gasteiger charge is -2.36. The van der Waals surface area contributed by atoms with E-state index in [1.54, 1.807) is 0 Å². The number of benzene rings is 1. The third-order valence-corrected chi connectivity index (χ3v) is 4.93. The van der Waals surface area contributed by atoms with Gasteiger partial charge in [0.1, 0.15) is 0 Å². The highest BCUT2D eigenvalue weighted by Crippen LogP contribution is 2.14. The van der Waals surface area contributed by atoms with Gasteiger partial charge in [-0.25, -0.2) is 0 Å². The molecule has 5 heteroatoms. The Kier molecular flexibility index (Phi) is 6.99. The van der Waals surface area contributed by atoms with E-state index in [0.717, 1.165) is 38.2 Å². The largest absolute Gasteiger partial charge is 0.390 e. The van der Waals surface area contributed by atoms with Crippen LogP contribution in [0, 0.1) is 0 Å². The second kappa shape index (κ2) is 8.79. The molecule has 140 valence electrons. The number of piperazine rings is 1. The SMILES string of the molecule is C[C@@H](CNC(=O)c1cccc(CCC(C)(C)O)c1)N1CCN(C)CC1. The van der Waals surface area contributed by atoms with Crippen molar-refractivity contribution in [3.05, 3.63) is 35.4 Å². The van der Waals surface area contributed by atoms with Gasteiger partial charge in [0.05, 0.1) is 5.60 Å². The van der Waals surface area contributed by atoms with Gasteiger partial charge in [-0.05, 0) is 58.4 Å². The molecule has 0 bridgehead atoms. The monoisotopic (exact) mass is 347 g/mol. The summed E-state index contributed by atoms with van der Waals surface area (Å²) in [4.78, 5) is 17.2. The van der Waals surface area contributed by atoms with Crippen LogP contribution in [0.25, 0.3) is 0 Å². The highest BCUT2D eigenvalue weighted by molar-refractivity contribution is 5.94. The number of nitrogens with one attached hydrogen (secondary N) is 1. The molecule has 2 rings (SSSR count). The molecule has 0 saturated carbocycles. The fourth-order valence-electron chi connectivity index (χ4n) is 3.05. The van der Waals surface area contributed by atoms with Crippen molar-refractivity contribution in [3.8, 4) is 0 Å². The third-order valence-electron chi connectivity index (χ3n) is 4.93. The van der Waals surface area contributed by atoms with Crippen LogP contribution in [-0.4, -0.2) is 72.2 Å². The number of hydrogen-bond donors (Lipinski definition) is 2. The average Bonchev–Trinajstić information content (AvgIpc) is 2.58. The van der Waals surface area contributed by atoms with Crippen LogP contribution in [0.15, 0.2) is 24.3 Å². The normalized spacial score (nSPS) is 18.1. The first-order valence-corrected chi connectivity index (χ1v) is 9.27. The topological polar surface area (TPSA) is 55.8 Å². The molecule has 1 amide bonds. The summed E-state index contributed by atoms with van der Waals surface area (Å²) in [6.45, 7) is 10.7. The molecule has 1 atom stereocenters. The molecule has 25 heavy (non-hydrogen) atoms. The van der Waals surface area contributed by atoms with Gasteiger partial charge in [-0.1, -0.05) is 12.1 Å². The molecule has 2 N–H and O–H groups in total. The molecule has 0 aliphatic carbocycles. The second-order valence-electron chi connectivity index (χ2n) is 7.91. The molecule has 1 aromatic rings. The Labute approximate surface area is 152 Å². The molecule has 1 aliphatic heterocycles. The van der Waals surface area contributed by atoms with E-state index < -0.39 is 5.60 Å². The van der Waals surface area contributed by atoms with Gasteiger partial charge in [0.15, 0.2) is 0 Å². The molecule has 0 unspecified atom stereocenters. The molecule has 0 spiro atoms. The summed E-state index contributed by atoms with van der Waals surface area (Å²) in [5, 5.41) is 12.9. The minimum Gasteiger partial charge on any atom is -0.390 e. The zero-order valence-electron chi connectivity index (χ0n) is 16.1. The number of hydrogen-bond acceptors (Lipinski definition) is 4. The van der Waals surface area contributed by atoms with Gasteiger partial charge in [-0.3, -0.25) is 9.69 Å². The van der Waals surface area contributed by atoms with Crippen molar-refractivity contribution >= 4 is 5.91 Å². The summed E-state index contributed by atoms with van der Waals surface area (Å²) < 4.78 is 0. The molecule has 5 nitrogen and oxygen atoms in total. The predicted octanol–water partition coefficient (Wildman–Crippen LogP) is 1.76. The van der Waals surface area contributed by atoms with E-state index in [1.807, 2.05) is 38.1 Å². The predicted molar refractivity (Wildman–Crippen MR) is 102 cm³/mol. The first kappa shape index (κ1) is 19.9. The fourth-order valence-corrected chi connectivity index (χ4v) is 3.05. The van der Waals surface area contributed by atoms with E-state index in [9.17, 15) is 9.90 Å². The first-order chi connectivity index (χ1) is 11.7. The number of carbonyl (C=O) groups is 1. The summed E-state index contributed by atoms with van der Waals surface area (Å²) in [7, 11) is 2.15. The van der Waals surface area contributed by atoms with Crippen LogP contribution in [0.5, 0.6) is 0 Å². The van der Waals surface area contributed by atoms with Gasteiger partial charge in [0, 0.05) is 44.3 Å². The molecule has 1 saturated heterocycles. The molecular weight excluding hydrogens is 314 g/mol. The standard InChI is InChI=1S/C20H33N3O2/c1-16(23-12-10-22(4)11-13-23)15-21-19(24)18-7-5-6-17(14-18)8-9-20(2,3)25/h5-7,14,16,25H,8-13,15H2,1-4H3,(H,21,24)/t16-/m0/s1. The third kappa shape index (κ3) is 6.77. The van der Waals surface area contributed by atoms with Gasteiger partial charge in [0.2, 0.25) is 0 Å². The van der Waals surface area contributed by atoms with Crippen molar-refractivity contribution in [1.82, 2.24) is 15.1 Å². The highest BCUT2D eigenvalue weighted by atomic mass is 16.3. The molecule has 1 fully saturated rings. The Morgan fingerprint density at radius 2 is 1.96 bits per heavy atom. The van der Waals surface area contributed by atoms with Crippen LogP contribution in [0.4, 0.5) is 0 Å². The van der Waals surface area contributed by atoms with E-state index in [-0.39, 0.29) is 5.91 Å². The Balaban J connectivity index is 1.84. The van der Waals surface area contributed by atoms with E-state index in [4.69, 9.17) is 0 Å². The molecule has 1 aromatic carbocycles. The lowest BCUT2D eigenvalue weighted by atomic mass is 9.98. The summed E-state index contributed by atoms with van der Waals surface area (Å²) in [5.74, 6) is -0.0221. The summed E-state index contributed by atoms with van der Waals surface area (Å²) >= 11 is 0. The molecular formula is C20H33N3O2. The van der Waals surface area contributed by atoms with Gasteiger partial charge >= 0.3 is 0 Å². The number of aryl methyl sites for hydroxylation is 1. The maximum Gasteiger partial charge on any atom is 0.251 e. The zero-order chi connectivity index (χ0) is 18.4. The zero-order valence-corrected chi connectivity index (χ0v) is 16.1. The van der Waals surface area contributed by atoms with E-state index in [0.29, 0.717) is 24.6 Å². The first-order valence-electron chi connectivity index (χ1n) is 9.27. The van der Waals surface area contributed by atoms with E-state index in [1.165, 1.54) is 0 Å². The van der Waals surface area contributed by atoms with Crippen LogP contribution >= 0.6 is 0 Å². The Hall–Kier alpha value is -1.43. The van der Waals surface area contributed by atoms with Gasteiger partial charge in [-0.15, -0.1) is 0 Å². The Morgan fingerprint density at radius 3 is 2.60 bits per heavy atom. The number of nitrogens with zero attached hydrogens (tertiary/aromatic N) is 2. The maximum absolute atomic E-state index is 12.5. The number of aliphatic hydroxyl groups is 1. The molecule has 1 aliphatic rings. The van der Waals surface area contributed by atoms with Crippen LogP contribution in [0.1, 0.15) is 43.1 Å². The lowest BCUT2D eigenvalue weighted by Crippen LogP contribution is -2.51. The van der Waals surface area contributed by atoms with Crippen molar-refractivity contribution < 1.29 is 9.90 Å². The van der Waals surface area contributed by atoms with E-state index in [2.05, 4.69) is 29.1 Å². The molecule has 0 radical (unpaired) electrons. The van der Waals surface area contributed by atoms with Gasteiger partial charge in [-0.2, -0.15) is 0 Å². The fraction of sp³-hybridized carbons (Fsp3) is 0.650. The summed E-state index contributed by atoms with van der Waals surface area (Å²) in [5.41, 5.74) is 1.09. The van der Waals surface area contributed by atoms with Crippen molar-refractivity contribution in [3.63, 3.8) is 0 Å². The number of carbonyl (C=O) groups excluding carboxylic acids is 1. The minimum atomic E-state index is -0.684. The summed E-state index contributed by atoms with van der Waals surface area (Å²) in [6, 6.07) is 8.05.